The molecule has 152 valence electrons. The zero-order chi connectivity index (χ0) is 20.2. The lowest BCUT2D eigenvalue weighted by molar-refractivity contribution is -0.128. The van der Waals surface area contributed by atoms with Gasteiger partial charge in [0.25, 0.3) is 11.1 Å². The second-order valence-electron chi connectivity index (χ2n) is 6.44. The quantitative estimate of drug-likeness (QED) is 0.541. The summed E-state index contributed by atoms with van der Waals surface area (Å²) in [4.78, 5) is 14.4. The van der Waals surface area contributed by atoms with E-state index in [0.29, 0.717) is 43.2 Å². The number of hydrogen-bond donors (Lipinski definition) is 0. The van der Waals surface area contributed by atoms with E-state index >= 15 is 0 Å². The molecule has 1 aliphatic rings. The summed E-state index contributed by atoms with van der Waals surface area (Å²) in [6.45, 7) is 5.96. The van der Waals surface area contributed by atoms with Crippen LogP contribution in [0.3, 0.4) is 0 Å². The molecule has 0 saturated heterocycles. The van der Waals surface area contributed by atoms with Crippen molar-refractivity contribution in [3.8, 4) is 23.0 Å². The molecule has 0 atom stereocenters. The van der Waals surface area contributed by atoms with Crippen molar-refractivity contribution in [3.05, 3.63) is 41.9 Å². The van der Waals surface area contributed by atoms with Gasteiger partial charge in [-0.3, -0.25) is 4.79 Å². The van der Waals surface area contributed by atoms with E-state index in [9.17, 15) is 4.79 Å². The number of fused-ring (bicyclic) bond motifs is 1. The van der Waals surface area contributed by atoms with E-state index < -0.39 is 0 Å². The molecule has 0 radical (unpaired) electrons. The van der Waals surface area contributed by atoms with Crippen molar-refractivity contribution < 1.29 is 23.1 Å². The fraction of sp³-hybridized carbons (Fsp3) is 0.350. The van der Waals surface area contributed by atoms with Gasteiger partial charge in [-0.1, -0.05) is 17.8 Å². The van der Waals surface area contributed by atoms with Crippen LogP contribution < -0.4 is 9.47 Å². The molecule has 3 aromatic rings. The van der Waals surface area contributed by atoms with Crippen LogP contribution >= 0.6 is 11.8 Å². The number of benzene rings is 1. The van der Waals surface area contributed by atoms with Gasteiger partial charge in [0.2, 0.25) is 5.91 Å². The van der Waals surface area contributed by atoms with E-state index in [4.69, 9.17) is 18.3 Å². The van der Waals surface area contributed by atoms with Gasteiger partial charge in [0.1, 0.15) is 19.0 Å². The number of hydrogen-bond acceptors (Lipinski definition) is 8. The number of thioether (sulfide) groups is 1. The van der Waals surface area contributed by atoms with Crippen molar-refractivity contribution >= 4 is 17.7 Å². The minimum absolute atomic E-state index is 0.00775. The van der Waals surface area contributed by atoms with Crippen LogP contribution in [-0.2, 0) is 11.3 Å². The lowest BCUT2D eigenvalue weighted by Crippen LogP contribution is -2.31. The number of furan rings is 1. The summed E-state index contributed by atoms with van der Waals surface area (Å²) >= 11 is 1.22. The highest BCUT2D eigenvalue weighted by molar-refractivity contribution is 7.99. The van der Waals surface area contributed by atoms with Gasteiger partial charge in [0.15, 0.2) is 11.5 Å². The van der Waals surface area contributed by atoms with Crippen molar-refractivity contribution in [1.82, 2.24) is 15.1 Å². The molecule has 0 spiro atoms. The van der Waals surface area contributed by atoms with E-state index in [0.717, 1.165) is 22.6 Å². The van der Waals surface area contributed by atoms with Crippen LogP contribution in [0.2, 0.25) is 0 Å². The number of carbonyl (C=O) groups excluding carboxylic acids is 1. The first-order valence-corrected chi connectivity index (χ1v) is 10.3. The zero-order valence-corrected chi connectivity index (χ0v) is 17.0. The second-order valence-corrected chi connectivity index (χ2v) is 7.36. The monoisotopic (exact) mass is 415 g/mol. The second kappa shape index (κ2) is 8.60. The molecule has 29 heavy (non-hydrogen) atoms. The van der Waals surface area contributed by atoms with Crippen molar-refractivity contribution in [2.24, 2.45) is 0 Å². The Labute approximate surface area is 172 Å². The van der Waals surface area contributed by atoms with E-state index in [1.54, 1.807) is 17.2 Å². The largest absolute Gasteiger partial charge is 0.486 e. The molecular weight excluding hydrogens is 394 g/mol. The number of ether oxygens (including phenoxy) is 2. The van der Waals surface area contributed by atoms with Gasteiger partial charge in [0.05, 0.1) is 17.6 Å². The third-order valence-corrected chi connectivity index (χ3v) is 5.33. The molecule has 1 amide bonds. The van der Waals surface area contributed by atoms with Gasteiger partial charge in [-0.25, -0.2) is 0 Å². The summed E-state index contributed by atoms with van der Waals surface area (Å²) in [6, 6.07) is 7.53. The van der Waals surface area contributed by atoms with Gasteiger partial charge in [-0.05, 0) is 37.6 Å². The van der Waals surface area contributed by atoms with Crippen LogP contribution in [0.15, 0.2) is 44.6 Å². The van der Waals surface area contributed by atoms with E-state index in [2.05, 4.69) is 10.2 Å². The van der Waals surface area contributed by atoms with Crippen LogP contribution in [0.25, 0.3) is 11.5 Å². The molecule has 0 N–H and O–H groups in total. The predicted molar refractivity (Wildman–Crippen MR) is 106 cm³/mol. The first-order valence-electron chi connectivity index (χ1n) is 9.31. The molecule has 1 aliphatic heterocycles. The third-order valence-electron chi connectivity index (χ3n) is 4.53. The van der Waals surface area contributed by atoms with Gasteiger partial charge >= 0.3 is 0 Å². The Morgan fingerprint density at radius 2 is 2.00 bits per heavy atom. The number of carbonyl (C=O) groups is 1. The summed E-state index contributed by atoms with van der Waals surface area (Å²) in [5, 5.41) is 8.38. The maximum Gasteiger partial charge on any atom is 0.277 e. The fourth-order valence-electron chi connectivity index (χ4n) is 2.98. The number of aromatic nitrogens is 2. The molecule has 8 nitrogen and oxygen atoms in total. The molecule has 3 heterocycles. The fourth-order valence-corrected chi connectivity index (χ4v) is 3.65. The van der Waals surface area contributed by atoms with E-state index in [1.165, 1.54) is 11.8 Å². The van der Waals surface area contributed by atoms with Crippen LogP contribution in [-0.4, -0.2) is 46.5 Å². The molecule has 0 bridgehead atoms. The molecule has 0 unspecified atom stereocenters. The summed E-state index contributed by atoms with van der Waals surface area (Å²) in [5.74, 6) is 2.76. The smallest absolute Gasteiger partial charge is 0.277 e. The normalized spacial score (nSPS) is 12.8. The Kier molecular flexibility index (Phi) is 5.75. The molecular formula is C20H21N3O5S. The van der Waals surface area contributed by atoms with Gasteiger partial charge in [-0.15, -0.1) is 10.2 Å². The van der Waals surface area contributed by atoms with Crippen molar-refractivity contribution in [3.63, 3.8) is 0 Å². The van der Waals surface area contributed by atoms with Crippen LogP contribution in [0.1, 0.15) is 18.2 Å². The number of amides is 1. The SMILES string of the molecule is CCN(Cc1ccc2c(c1)OCCO2)C(=O)CSc1nnc(-c2ccoc2C)o1. The molecule has 2 aromatic heterocycles. The Morgan fingerprint density at radius 3 is 2.76 bits per heavy atom. The average Bonchev–Trinajstić information content (AvgIpc) is 3.38. The standard InChI is InChI=1S/C20H21N3O5S/c1-3-23(11-14-4-5-16-17(10-14)27-9-8-26-16)18(24)12-29-20-22-21-19(28-20)15-6-7-25-13(15)2/h4-7,10H,3,8-9,11-12H2,1-2H3. The topological polar surface area (TPSA) is 90.8 Å². The van der Waals surface area contributed by atoms with Gasteiger partial charge in [-0.2, -0.15) is 0 Å². The Hall–Kier alpha value is -2.94. The van der Waals surface area contributed by atoms with Gasteiger partial charge in [0, 0.05) is 13.1 Å². The lowest BCUT2D eigenvalue weighted by Gasteiger charge is -2.23. The molecule has 9 heteroatoms. The van der Waals surface area contributed by atoms with Crippen molar-refractivity contribution in [1.29, 1.82) is 0 Å². The summed E-state index contributed by atoms with van der Waals surface area (Å²) in [7, 11) is 0. The highest BCUT2D eigenvalue weighted by Crippen LogP contribution is 2.31. The minimum Gasteiger partial charge on any atom is -0.486 e. The van der Waals surface area contributed by atoms with Crippen molar-refractivity contribution in [2.75, 3.05) is 25.5 Å². The van der Waals surface area contributed by atoms with E-state index in [-0.39, 0.29) is 11.7 Å². The number of aryl methyl sites for hydroxylation is 1. The predicted octanol–water partition coefficient (Wildman–Crippen LogP) is 3.55. The Balaban J connectivity index is 1.36. The van der Waals surface area contributed by atoms with Crippen LogP contribution in [0.4, 0.5) is 0 Å². The van der Waals surface area contributed by atoms with Crippen molar-refractivity contribution in [2.45, 2.75) is 25.6 Å². The molecule has 0 saturated carbocycles. The third kappa shape index (κ3) is 4.40. The number of nitrogens with zero attached hydrogens (tertiary/aromatic N) is 3. The van der Waals surface area contributed by atoms with Gasteiger partial charge < -0.3 is 23.2 Å². The van der Waals surface area contributed by atoms with Crippen LogP contribution in [0, 0.1) is 6.92 Å². The highest BCUT2D eigenvalue weighted by atomic mass is 32.2. The first-order chi connectivity index (χ1) is 14.1. The molecule has 1 aromatic carbocycles. The highest BCUT2D eigenvalue weighted by Gasteiger charge is 2.18. The molecule has 0 fully saturated rings. The minimum atomic E-state index is -0.00775. The van der Waals surface area contributed by atoms with E-state index in [1.807, 2.05) is 32.0 Å². The average molecular weight is 415 g/mol. The summed E-state index contributed by atoms with van der Waals surface area (Å²) in [6.07, 6.45) is 1.57. The maximum absolute atomic E-state index is 12.7. The zero-order valence-electron chi connectivity index (χ0n) is 16.2. The molecule has 0 aliphatic carbocycles. The van der Waals surface area contributed by atoms with Crippen LogP contribution in [0.5, 0.6) is 11.5 Å². The maximum atomic E-state index is 12.7. The Bertz CT molecular complexity index is 1000. The molecule has 4 rings (SSSR count). The summed E-state index contributed by atoms with van der Waals surface area (Å²) < 4.78 is 22.0. The Morgan fingerprint density at radius 1 is 1.17 bits per heavy atom. The first kappa shape index (κ1) is 19.4. The summed E-state index contributed by atoms with van der Waals surface area (Å²) in [5.41, 5.74) is 1.74. The lowest BCUT2D eigenvalue weighted by atomic mass is 10.2. The number of rotatable bonds is 7.